The SMILES string of the molecule is CC/C=C\C/C=C\C/C=C\CCCCCC(=O)OCC(COC1OC(C(=O)O)C(O)C(O)C1O)OC(=O)CCCCCCC/C=C\C/C=C\CCCCCC. The van der Waals surface area contributed by atoms with Crippen molar-refractivity contribution in [1.29, 1.82) is 0 Å². The number of carbonyl (C=O) groups excluding carboxylic acids is 2. The zero-order valence-corrected chi connectivity index (χ0v) is 33.6. The van der Waals surface area contributed by atoms with Gasteiger partial charge >= 0.3 is 17.9 Å². The summed E-state index contributed by atoms with van der Waals surface area (Å²) < 4.78 is 21.6. The molecule has 6 atom stereocenters. The monoisotopic (exact) mass is 777 g/mol. The van der Waals surface area contributed by atoms with Crippen LogP contribution >= 0.6 is 0 Å². The van der Waals surface area contributed by atoms with Crippen molar-refractivity contribution < 1.29 is 53.8 Å². The quantitative estimate of drug-likeness (QED) is 0.0287. The number of hydrogen-bond donors (Lipinski definition) is 4. The fraction of sp³-hybridized carbons (Fsp3) is 0.705. The Morgan fingerprint density at radius 3 is 1.64 bits per heavy atom. The Morgan fingerprint density at radius 1 is 0.582 bits per heavy atom. The van der Waals surface area contributed by atoms with Gasteiger partial charge in [-0.15, -0.1) is 0 Å². The normalized spacial score (nSPS) is 21.1. The third-order valence-corrected chi connectivity index (χ3v) is 9.10. The summed E-state index contributed by atoms with van der Waals surface area (Å²) in [5.74, 6) is -2.51. The number of hydrogen-bond acceptors (Lipinski definition) is 10. The molecule has 11 nitrogen and oxygen atoms in total. The molecule has 55 heavy (non-hydrogen) atoms. The van der Waals surface area contributed by atoms with E-state index in [1.54, 1.807) is 0 Å². The summed E-state index contributed by atoms with van der Waals surface area (Å²) in [4.78, 5) is 36.7. The molecule has 0 aromatic carbocycles. The highest BCUT2D eigenvalue weighted by molar-refractivity contribution is 5.73. The van der Waals surface area contributed by atoms with Crippen molar-refractivity contribution in [3.63, 3.8) is 0 Å². The molecule has 0 spiro atoms. The van der Waals surface area contributed by atoms with Gasteiger partial charge in [0.1, 0.15) is 24.9 Å². The van der Waals surface area contributed by atoms with Gasteiger partial charge in [-0.25, -0.2) is 4.79 Å². The molecule has 0 aliphatic carbocycles. The molecule has 1 aliphatic rings. The van der Waals surface area contributed by atoms with Gasteiger partial charge < -0.3 is 39.4 Å². The third kappa shape index (κ3) is 26.4. The Morgan fingerprint density at radius 2 is 1.07 bits per heavy atom. The van der Waals surface area contributed by atoms with E-state index in [9.17, 15) is 34.8 Å². The Kier molecular flexibility index (Phi) is 31.0. The Bertz CT molecular complexity index is 1140. The largest absolute Gasteiger partial charge is 0.479 e. The van der Waals surface area contributed by atoms with Crippen LogP contribution in [0, 0.1) is 0 Å². The molecular weight excluding hydrogens is 704 g/mol. The smallest absolute Gasteiger partial charge is 0.335 e. The third-order valence-electron chi connectivity index (χ3n) is 9.10. The molecule has 314 valence electrons. The Labute approximate surface area is 330 Å². The van der Waals surface area contributed by atoms with E-state index in [1.807, 2.05) is 0 Å². The molecule has 1 rings (SSSR count). The van der Waals surface area contributed by atoms with Crippen LogP contribution in [0.15, 0.2) is 60.8 Å². The van der Waals surface area contributed by atoms with Crippen LogP contribution < -0.4 is 0 Å². The minimum absolute atomic E-state index is 0.157. The number of allylic oxidation sites excluding steroid dienone is 10. The minimum Gasteiger partial charge on any atom is -0.479 e. The number of esters is 2. The zero-order valence-electron chi connectivity index (χ0n) is 33.6. The van der Waals surface area contributed by atoms with Crippen molar-refractivity contribution in [1.82, 2.24) is 0 Å². The van der Waals surface area contributed by atoms with E-state index in [0.29, 0.717) is 12.8 Å². The first-order valence-corrected chi connectivity index (χ1v) is 20.8. The van der Waals surface area contributed by atoms with Crippen LogP contribution in [0.5, 0.6) is 0 Å². The first-order chi connectivity index (χ1) is 26.7. The van der Waals surface area contributed by atoms with Crippen molar-refractivity contribution in [2.45, 2.75) is 185 Å². The van der Waals surface area contributed by atoms with Crippen molar-refractivity contribution in [3.05, 3.63) is 60.8 Å². The lowest BCUT2D eigenvalue weighted by molar-refractivity contribution is -0.298. The van der Waals surface area contributed by atoms with Crippen molar-refractivity contribution >= 4 is 17.9 Å². The lowest BCUT2D eigenvalue weighted by Gasteiger charge is -2.38. The van der Waals surface area contributed by atoms with E-state index in [1.165, 1.54) is 25.7 Å². The lowest BCUT2D eigenvalue weighted by atomic mass is 9.99. The molecule has 1 saturated heterocycles. The number of carbonyl (C=O) groups is 3. The molecule has 0 bridgehead atoms. The molecule has 6 unspecified atom stereocenters. The molecule has 4 N–H and O–H groups in total. The average molecular weight is 777 g/mol. The van der Waals surface area contributed by atoms with Crippen LogP contribution in [0.25, 0.3) is 0 Å². The Balaban J connectivity index is 2.45. The second-order valence-electron chi connectivity index (χ2n) is 14.1. The molecule has 0 aromatic heterocycles. The van der Waals surface area contributed by atoms with Gasteiger partial charge in [0.2, 0.25) is 0 Å². The number of aliphatic carboxylic acids is 1. The fourth-order valence-electron chi connectivity index (χ4n) is 5.80. The molecule has 1 aliphatic heterocycles. The number of aliphatic hydroxyl groups excluding tert-OH is 3. The highest BCUT2D eigenvalue weighted by Crippen LogP contribution is 2.23. The topological polar surface area (TPSA) is 169 Å². The molecule has 0 radical (unpaired) electrons. The predicted molar refractivity (Wildman–Crippen MR) is 215 cm³/mol. The maximum absolute atomic E-state index is 12.7. The average Bonchev–Trinajstić information content (AvgIpc) is 3.17. The Hall–Kier alpha value is -3.09. The van der Waals surface area contributed by atoms with E-state index in [0.717, 1.165) is 83.5 Å². The second-order valence-corrected chi connectivity index (χ2v) is 14.1. The number of aliphatic hydroxyl groups is 3. The first-order valence-electron chi connectivity index (χ1n) is 20.8. The van der Waals surface area contributed by atoms with Gasteiger partial charge in [-0.3, -0.25) is 9.59 Å². The van der Waals surface area contributed by atoms with Gasteiger partial charge in [-0.1, -0.05) is 120 Å². The van der Waals surface area contributed by atoms with Crippen LogP contribution in [0.4, 0.5) is 0 Å². The standard InChI is InChI=1S/C44H72O11/c1-3-5-7-9-11-13-15-17-18-19-21-23-25-27-29-31-33-38(46)54-36(35-53-44-41(49)39(47)40(48)42(55-44)43(50)51)34-52-37(45)32-30-28-26-24-22-20-16-14-12-10-8-6-4-2/h6,8,12-15,18-20,22,36,39-42,44,47-49H,3-5,7,9-11,16-17,21,23-35H2,1-2H3,(H,50,51)/b8-6-,14-12-,15-13-,19-18-,22-20-. The van der Waals surface area contributed by atoms with Crippen LogP contribution in [0.1, 0.15) is 149 Å². The van der Waals surface area contributed by atoms with E-state index in [-0.39, 0.29) is 19.4 Å². The fourth-order valence-corrected chi connectivity index (χ4v) is 5.80. The number of rotatable bonds is 33. The maximum Gasteiger partial charge on any atom is 0.335 e. The summed E-state index contributed by atoms with van der Waals surface area (Å²) in [6.45, 7) is 3.62. The van der Waals surface area contributed by atoms with Gasteiger partial charge in [-0.2, -0.15) is 0 Å². The van der Waals surface area contributed by atoms with Gasteiger partial charge in [-0.05, 0) is 77.0 Å². The van der Waals surface area contributed by atoms with E-state index >= 15 is 0 Å². The molecular formula is C44H72O11. The number of carboxylic acid groups (broad SMARTS) is 1. The molecule has 11 heteroatoms. The minimum atomic E-state index is -1.87. The van der Waals surface area contributed by atoms with Crippen LogP contribution in [-0.4, -0.2) is 88.4 Å². The van der Waals surface area contributed by atoms with Gasteiger partial charge in [0.05, 0.1) is 6.61 Å². The lowest BCUT2D eigenvalue weighted by Crippen LogP contribution is -2.60. The van der Waals surface area contributed by atoms with Crippen LogP contribution in [0.3, 0.4) is 0 Å². The molecule has 1 fully saturated rings. The first kappa shape index (κ1) is 49.9. The summed E-state index contributed by atoms with van der Waals surface area (Å²) in [7, 11) is 0. The number of ether oxygens (including phenoxy) is 4. The summed E-state index contributed by atoms with van der Waals surface area (Å²) in [5, 5.41) is 39.7. The number of unbranched alkanes of at least 4 members (excludes halogenated alkanes) is 12. The van der Waals surface area contributed by atoms with Gasteiger partial charge in [0.15, 0.2) is 18.5 Å². The molecule has 1 heterocycles. The van der Waals surface area contributed by atoms with Gasteiger partial charge in [0.25, 0.3) is 0 Å². The second kappa shape index (κ2) is 34.2. The molecule has 0 saturated carbocycles. The zero-order chi connectivity index (χ0) is 40.4. The highest BCUT2D eigenvalue weighted by Gasteiger charge is 2.47. The van der Waals surface area contributed by atoms with E-state index in [4.69, 9.17) is 18.9 Å². The van der Waals surface area contributed by atoms with E-state index < -0.39 is 61.3 Å². The van der Waals surface area contributed by atoms with Crippen LogP contribution in [-0.2, 0) is 33.3 Å². The van der Waals surface area contributed by atoms with Gasteiger partial charge in [0, 0.05) is 12.8 Å². The van der Waals surface area contributed by atoms with Crippen molar-refractivity contribution in [2.24, 2.45) is 0 Å². The van der Waals surface area contributed by atoms with Crippen molar-refractivity contribution in [3.8, 4) is 0 Å². The maximum atomic E-state index is 12.7. The van der Waals surface area contributed by atoms with E-state index in [2.05, 4.69) is 74.6 Å². The summed E-state index contributed by atoms with van der Waals surface area (Å²) >= 11 is 0. The summed E-state index contributed by atoms with van der Waals surface area (Å²) in [6, 6.07) is 0. The number of carboxylic acids is 1. The summed E-state index contributed by atoms with van der Waals surface area (Å²) in [5.41, 5.74) is 0. The van der Waals surface area contributed by atoms with Crippen LogP contribution in [0.2, 0.25) is 0 Å². The predicted octanol–water partition coefficient (Wildman–Crippen LogP) is 8.36. The molecule has 0 aromatic rings. The summed E-state index contributed by atoms with van der Waals surface area (Å²) in [6.07, 6.45) is 31.3. The highest BCUT2D eigenvalue weighted by atomic mass is 16.7. The molecule has 0 amide bonds. The van der Waals surface area contributed by atoms with Crippen molar-refractivity contribution in [2.75, 3.05) is 13.2 Å².